The van der Waals surface area contributed by atoms with Crippen molar-refractivity contribution in [2.24, 2.45) is 4.99 Å². The maximum atomic E-state index is 12.7. The summed E-state index contributed by atoms with van der Waals surface area (Å²) in [6, 6.07) is 0. The summed E-state index contributed by atoms with van der Waals surface area (Å²) >= 11 is 0. The van der Waals surface area contributed by atoms with E-state index in [2.05, 4.69) is 11.9 Å². The summed E-state index contributed by atoms with van der Waals surface area (Å²) in [6.07, 6.45) is 5.92. The molecule has 158 valence electrons. The molecule has 9 nitrogen and oxygen atoms in total. The molecule has 0 fully saturated rings. The molecular formula is C17H33N2O7P. The monoisotopic (exact) mass is 408 g/mol. The number of amidine groups is 1. The van der Waals surface area contributed by atoms with Gasteiger partial charge in [-0.15, -0.1) is 0 Å². The number of carboxylic acid groups (broad SMARTS) is 1. The zero-order valence-electron chi connectivity index (χ0n) is 16.5. The number of amides is 1. The first-order chi connectivity index (χ1) is 12.8. The van der Waals surface area contributed by atoms with Gasteiger partial charge in [-0.2, -0.15) is 4.99 Å². The molecule has 0 radical (unpaired) electrons. The molecule has 0 rings (SSSR count). The van der Waals surface area contributed by atoms with Gasteiger partial charge in [-0.3, -0.25) is 24.8 Å². The Hall–Kier alpha value is -1.28. The highest BCUT2D eigenvalue weighted by atomic mass is 31.2. The Morgan fingerprint density at radius 2 is 1.59 bits per heavy atom. The van der Waals surface area contributed by atoms with E-state index in [0.29, 0.717) is 6.42 Å². The predicted molar refractivity (Wildman–Crippen MR) is 102 cm³/mol. The van der Waals surface area contributed by atoms with Gasteiger partial charge < -0.3 is 14.2 Å². The van der Waals surface area contributed by atoms with Crippen LogP contribution < -0.4 is 5.48 Å². The van der Waals surface area contributed by atoms with Crippen molar-refractivity contribution >= 4 is 25.3 Å². The minimum atomic E-state index is -4.00. The molecule has 0 aromatic rings. The normalized spacial score (nSPS) is 13.4. The Balaban J connectivity index is 4.87. The molecule has 0 heterocycles. The van der Waals surface area contributed by atoms with Crippen LogP contribution >= 0.6 is 7.60 Å². The van der Waals surface area contributed by atoms with E-state index in [0.717, 1.165) is 32.1 Å². The summed E-state index contributed by atoms with van der Waals surface area (Å²) in [7, 11) is -4.00. The van der Waals surface area contributed by atoms with Crippen LogP contribution in [-0.2, 0) is 23.2 Å². The second-order valence-corrected chi connectivity index (χ2v) is 8.23. The van der Waals surface area contributed by atoms with Crippen molar-refractivity contribution in [3.63, 3.8) is 0 Å². The highest BCUT2D eigenvalue weighted by Crippen LogP contribution is 2.54. The fraction of sp³-hybridized carbons (Fsp3) is 0.824. The van der Waals surface area contributed by atoms with Crippen molar-refractivity contribution in [1.82, 2.24) is 5.48 Å². The predicted octanol–water partition coefficient (Wildman–Crippen LogP) is 3.75. The third kappa shape index (κ3) is 10.6. The number of nitrogens with zero attached hydrogens (tertiary/aromatic N) is 1. The summed E-state index contributed by atoms with van der Waals surface area (Å²) in [5, 5.41) is 18.5. The Morgan fingerprint density at radius 3 is 2.07 bits per heavy atom. The van der Waals surface area contributed by atoms with Crippen LogP contribution in [0.5, 0.6) is 0 Å². The van der Waals surface area contributed by atoms with Gasteiger partial charge in [0.25, 0.3) is 0 Å². The number of hydroxylamine groups is 1. The molecule has 0 aromatic heterocycles. The van der Waals surface area contributed by atoms with Gasteiger partial charge in [-0.1, -0.05) is 39.0 Å². The second-order valence-electron chi connectivity index (χ2n) is 6.02. The van der Waals surface area contributed by atoms with Crippen LogP contribution in [0.15, 0.2) is 4.99 Å². The zero-order valence-corrected chi connectivity index (χ0v) is 17.4. The van der Waals surface area contributed by atoms with Crippen LogP contribution in [-0.4, -0.2) is 46.9 Å². The third-order valence-electron chi connectivity index (χ3n) is 3.81. The SMILES string of the molecule is CCCCCCCCC(=NC(=O)CC(C(=O)O)P(=O)(OCC)OCC)NO. The number of nitrogens with one attached hydrogen (secondary N) is 1. The Kier molecular flexibility index (Phi) is 14.0. The maximum absolute atomic E-state index is 12.7. The van der Waals surface area contributed by atoms with Crippen LogP contribution in [0.4, 0.5) is 0 Å². The molecule has 0 spiro atoms. The topological polar surface area (TPSA) is 135 Å². The van der Waals surface area contributed by atoms with E-state index in [-0.39, 0.29) is 19.0 Å². The van der Waals surface area contributed by atoms with Crippen molar-refractivity contribution in [3.05, 3.63) is 0 Å². The van der Waals surface area contributed by atoms with Crippen molar-refractivity contribution in [2.75, 3.05) is 13.2 Å². The van der Waals surface area contributed by atoms with Crippen molar-refractivity contribution in [1.29, 1.82) is 0 Å². The molecule has 1 atom stereocenters. The van der Waals surface area contributed by atoms with Crippen LogP contribution in [0.2, 0.25) is 0 Å². The number of carbonyl (C=O) groups excluding carboxylic acids is 1. The summed E-state index contributed by atoms with van der Waals surface area (Å²) < 4.78 is 22.7. The molecule has 27 heavy (non-hydrogen) atoms. The molecule has 0 saturated carbocycles. The Bertz CT molecular complexity index is 515. The average molecular weight is 408 g/mol. The molecule has 0 saturated heterocycles. The summed E-state index contributed by atoms with van der Waals surface area (Å²) in [5.41, 5.74) is 0.226. The molecule has 10 heteroatoms. The molecule has 1 unspecified atom stereocenters. The molecule has 0 aliphatic heterocycles. The first-order valence-corrected chi connectivity index (χ1v) is 11.1. The number of hydrogen-bond acceptors (Lipinski definition) is 6. The molecule has 0 aromatic carbocycles. The first-order valence-electron chi connectivity index (χ1n) is 9.46. The lowest BCUT2D eigenvalue weighted by molar-refractivity contribution is -0.138. The van der Waals surface area contributed by atoms with Crippen molar-refractivity contribution in [3.8, 4) is 0 Å². The smallest absolute Gasteiger partial charge is 0.345 e. The van der Waals surface area contributed by atoms with Gasteiger partial charge >= 0.3 is 13.6 Å². The summed E-state index contributed by atoms with van der Waals surface area (Å²) in [4.78, 5) is 27.3. The average Bonchev–Trinajstić information content (AvgIpc) is 2.61. The Morgan fingerprint density at radius 1 is 1.04 bits per heavy atom. The minimum absolute atomic E-state index is 0.0139. The van der Waals surface area contributed by atoms with Crippen molar-refractivity contribution in [2.45, 2.75) is 77.8 Å². The van der Waals surface area contributed by atoms with Gasteiger partial charge in [0.05, 0.1) is 19.6 Å². The molecule has 0 aliphatic rings. The van der Waals surface area contributed by atoms with Crippen LogP contribution in [0.25, 0.3) is 0 Å². The van der Waals surface area contributed by atoms with E-state index in [1.54, 1.807) is 13.8 Å². The van der Waals surface area contributed by atoms with Gasteiger partial charge in [0.1, 0.15) is 5.84 Å². The summed E-state index contributed by atoms with van der Waals surface area (Å²) in [6.45, 7) is 5.21. The van der Waals surface area contributed by atoms with Crippen LogP contribution in [0.1, 0.15) is 72.1 Å². The van der Waals surface area contributed by atoms with Gasteiger partial charge in [-0.05, 0) is 20.3 Å². The van der Waals surface area contributed by atoms with E-state index in [1.165, 1.54) is 6.42 Å². The number of rotatable bonds is 15. The van der Waals surface area contributed by atoms with E-state index in [1.807, 2.05) is 5.48 Å². The van der Waals surface area contributed by atoms with Crippen LogP contribution in [0.3, 0.4) is 0 Å². The number of carbonyl (C=O) groups is 2. The summed E-state index contributed by atoms with van der Waals surface area (Å²) in [5.74, 6) is -2.22. The molecule has 3 N–H and O–H groups in total. The lowest BCUT2D eigenvalue weighted by Gasteiger charge is -2.22. The first kappa shape index (κ1) is 25.7. The fourth-order valence-electron chi connectivity index (χ4n) is 2.48. The van der Waals surface area contributed by atoms with Gasteiger partial charge in [0, 0.05) is 6.42 Å². The molecule has 0 bridgehead atoms. The van der Waals surface area contributed by atoms with Gasteiger partial charge in [0.15, 0.2) is 5.66 Å². The van der Waals surface area contributed by atoms with Gasteiger partial charge in [0.2, 0.25) is 5.91 Å². The number of aliphatic imine (C=N–C) groups is 1. The molecule has 0 aliphatic carbocycles. The van der Waals surface area contributed by atoms with Crippen molar-refractivity contribution < 1.29 is 33.5 Å². The highest BCUT2D eigenvalue weighted by molar-refractivity contribution is 7.55. The number of aliphatic carboxylic acids is 1. The minimum Gasteiger partial charge on any atom is -0.481 e. The lowest BCUT2D eigenvalue weighted by atomic mass is 10.1. The molecule has 1 amide bonds. The number of unbranched alkanes of at least 4 members (excludes halogenated alkanes) is 5. The zero-order chi connectivity index (χ0) is 20.7. The number of hydrogen-bond donors (Lipinski definition) is 3. The van der Waals surface area contributed by atoms with E-state index < -0.39 is 31.6 Å². The van der Waals surface area contributed by atoms with Gasteiger partial charge in [-0.25, -0.2) is 0 Å². The quantitative estimate of drug-likeness (QED) is 0.123. The maximum Gasteiger partial charge on any atom is 0.345 e. The standard InChI is InChI=1S/C17H33N2O7P/c1-4-7-8-9-10-11-12-15(19-23)18-16(20)13-14(17(21)22)27(24,25-5-2)26-6-3/h14,23H,4-13H2,1-3H3,(H,21,22)(H,18,19,20). The Labute approximate surface area is 161 Å². The molecular weight excluding hydrogens is 375 g/mol. The number of carboxylic acids is 1. The fourth-order valence-corrected chi connectivity index (χ4v) is 4.29. The van der Waals surface area contributed by atoms with Crippen LogP contribution in [0, 0.1) is 0 Å². The van der Waals surface area contributed by atoms with E-state index in [9.17, 15) is 19.3 Å². The third-order valence-corrected chi connectivity index (χ3v) is 6.21. The highest BCUT2D eigenvalue weighted by Gasteiger charge is 2.42. The lowest BCUT2D eigenvalue weighted by Crippen LogP contribution is -2.27. The largest absolute Gasteiger partial charge is 0.481 e. The van der Waals surface area contributed by atoms with E-state index >= 15 is 0 Å². The van der Waals surface area contributed by atoms with E-state index in [4.69, 9.17) is 14.3 Å². The second kappa shape index (κ2) is 14.7.